The van der Waals surface area contributed by atoms with Crippen molar-refractivity contribution < 1.29 is 19.8 Å². The Hall–Kier alpha value is -2.10. The Labute approximate surface area is 286 Å². The summed E-state index contributed by atoms with van der Waals surface area (Å²) in [4.78, 5) is 20.7. The smallest absolute Gasteiger partial charge is 0.303 e. The standard InChI is InChI=1S/C22H42O2.C20H34O2/c1-21(2)19-17-15-13-11-9-7-5-3-4-6-8-10-12-14-16-18-20-22(23)24;1-2-3-4-5-6-7-8-9-10-11-12-13-14-15-16-17-18-19-20(21)22/h7,9,21H,3-6,8,10-20H2,1-2H3,(H,23,24);9-10,12-13,15-16H,2-8,11,14,17-19H2,1H3,(H,21,22)/b9-7-;. The predicted octanol–water partition coefficient (Wildman–Crippen LogP) is 14.0. The molecule has 0 radical (unpaired) electrons. The van der Waals surface area contributed by atoms with E-state index in [1.54, 1.807) is 0 Å². The molecule has 0 amide bonds. The van der Waals surface area contributed by atoms with Gasteiger partial charge in [-0.2, -0.15) is 0 Å². The van der Waals surface area contributed by atoms with Gasteiger partial charge in [0, 0.05) is 12.8 Å². The summed E-state index contributed by atoms with van der Waals surface area (Å²) in [6.07, 6.45) is 50.6. The minimum Gasteiger partial charge on any atom is -0.481 e. The summed E-state index contributed by atoms with van der Waals surface area (Å²) in [5, 5.41) is 17.0. The lowest BCUT2D eigenvalue weighted by molar-refractivity contribution is -0.138. The van der Waals surface area contributed by atoms with E-state index in [2.05, 4.69) is 69.4 Å². The van der Waals surface area contributed by atoms with Crippen molar-refractivity contribution in [3.05, 3.63) is 48.6 Å². The number of rotatable bonds is 33. The second-order valence-electron chi connectivity index (χ2n) is 13.3. The number of carboxylic acid groups (broad SMARTS) is 2. The van der Waals surface area contributed by atoms with Crippen LogP contribution in [0.4, 0.5) is 0 Å². The fourth-order valence-electron chi connectivity index (χ4n) is 5.19. The van der Waals surface area contributed by atoms with E-state index in [0.29, 0.717) is 6.42 Å². The summed E-state index contributed by atoms with van der Waals surface area (Å²) >= 11 is 0. The number of aliphatic carboxylic acids is 2. The molecular formula is C42H76O4. The Kier molecular flexibility index (Phi) is 40.9. The van der Waals surface area contributed by atoms with E-state index in [4.69, 9.17) is 10.2 Å². The molecule has 0 aliphatic heterocycles. The van der Waals surface area contributed by atoms with Crippen molar-refractivity contribution in [2.45, 2.75) is 201 Å². The highest BCUT2D eigenvalue weighted by Crippen LogP contribution is 2.13. The summed E-state index contributed by atoms with van der Waals surface area (Å²) in [6.45, 7) is 6.87. The number of carboxylic acids is 2. The van der Waals surface area contributed by atoms with Gasteiger partial charge in [0.15, 0.2) is 0 Å². The molecule has 0 unspecified atom stereocenters. The van der Waals surface area contributed by atoms with Crippen molar-refractivity contribution in [3.8, 4) is 0 Å². The van der Waals surface area contributed by atoms with Crippen LogP contribution in [0.25, 0.3) is 0 Å². The van der Waals surface area contributed by atoms with E-state index >= 15 is 0 Å². The van der Waals surface area contributed by atoms with Gasteiger partial charge < -0.3 is 10.2 Å². The van der Waals surface area contributed by atoms with Gasteiger partial charge in [-0.3, -0.25) is 9.59 Å². The highest BCUT2D eigenvalue weighted by Gasteiger charge is 1.97. The fourth-order valence-corrected chi connectivity index (χ4v) is 5.19. The Morgan fingerprint density at radius 1 is 0.435 bits per heavy atom. The first-order valence-corrected chi connectivity index (χ1v) is 19.4. The third-order valence-electron chi connectivity index (χ3n) is 8.11. The summed E-state index contributed by atoms with van der Waals surface area (Å²) in [7, 11) is 0. The Balaban J connectivity index is 0. The highest BCUT2D eigenvalue weighted by atomic mass is 16.4. The van der Waals surface area contributed by atoms with Crippen LogP contribution < -0.4 is 0 Å². The minimum absolute atomic E-state index is 0.267. The molecule has 0 rings (SSSR count). The second kappa shape index (κ2) is 40.9. The summed E-state index contributed by atoms with van der Waals surface area (Å²) in [5.41, 5.74) is 0. The predicted molar refractivity (Wildman–Crippen MR) is 202 cm³/mol. The zero-order valence-corrected chi connectivity index (χ0v) is 30.7. The number of carbonyl (C=O) groups is 2. The van der Waals surface area contributed by atoms with Gasteiger partial charge in [0.1, 0.15) is 0 Å². The molecule has 0 bridgehead atoms. The third-order valence-corrected chi connectivity index (χ3v) is 8.11. The van der Waals surface area contributed by atoms with E-state index < -0.39 is 11.9 Å². The Bertz CT molecular complexity index is 747. The summed E-state index contributed by atoms with van der Waals surface area (Å²) < 4.78 is 0. The van der Waals surface area contributed by atoms with Crippen LogP contribution in [0.5, 0.6) is 0 Å². The number of unbranched alkanes of at least 4 members (excludes halogenated alkanes) is 19. The Morgan fingerprint density at radius 3 is 1.20 bits per heavy atom. The quantitative estimate of drug-likeness (QED) is 0.0550. The summed E-state index contributed by atoms with van der Waals surface area (Å²) in [6, 6.07) is 0. The zero-order chi connectivity index (χ0) is 34.2. The maximum atomic E-state index is 10.4. The topological polar surface area (TPSA) is 74.6 Å². The van der Waals surface area contributed by atoms with Crippen molar-refractivity contribution in [3.63, 3.8) is 0 Å². The molecule has 2 N–H and O–H groups in total. The van der Waals surface area contributed by atoms with E-state index in [1.165, 1.54) is 128 Å². The lowest BCUT2D eigenvalue weighted by Crippen LogP contribution is -1.93. The van der Waals surface area contributed by atoms with E-state index in [1.807, 2.05) is 0 Å². The van der Waals surface area contributed by atoms with Crippen LogP contribution >= 0.6 is 0 Å². The molecule has 4 nitrogen and oxygen atoms in total. The molecule has 0 aromatic rings. The SMILES string of the molecule is CC(C)CCCCC/C=C\CCCCCCCCCCCC(=O)O.CCCCCCCCC=CCC=CCC=CCCCC(=O)O. The van der Waals surface area contributed by atoms with Crippen LogP contribution in [0.2, 0.25) is 0 Å². The van der Waals surface area contributed by atoms with Gasteiger partial charge in [-0.1, -0.05) is 166 Å². The normalized spacial score (nSPS) is 11.8. The maximum Gasteiger partial charge on any atom is 0.303 e. The van der Waals surface area contributed by atoms with E-state index in [0.717, 1.165) is 44.4 Å². The average Bonchev–Trinajstić information content (AvgIpc) is 3.02. The van der Waals surface area contributed by atoms with Crippen LogP contribution in [0.1, 0.15) is 201 Å². The first-order valence-electron chi connectivity index (χ1n) is 19.4. The molecule has 0 aliphatic carbocycles. The third kappa shape index (κ3) is 48.8. The molecule has 268 valence electrons. The van der Waals surface area contributed by atoms with Crippen molar-refractivity contribution >= 4 is 11.9 Å². The molecule has 0 aromatic heterocycles. The van der Waals surface area contributed by atoms with Gasteiger partial charge >= 0.3 is 11.9 Å². The van der Waals surface area contributed by atoms with Crippen LogP contribution in [0.15, 0.2) is 48.6 Å². The van der Waals surface area contributed by atoms with Gasteiger partial charge in [-0.05, 0) is 76.5 Å². The second-order valence-corrected chi connectivity index (χ2v) is 13.3. The van der Waals surface area contributed by atoms with Crippen molar-refractivity contribution in [1.82, 2.24) is 0 Å². The summed E-state index contributed by atoms with van der Waals surface area (Å²) in [5.74, 6) is -0.506. The number of hydrogen-bond acceptors (Lipinski definition) is 2. The van der Waals surface area contributed by atoms with Crippen LogP contribution in [-0.4, -0.2) is 22.2 Å². The molecule has 0 fully saturated rings. The largest absolute Gasteiger partial charge is 0.481 e. The van der Waals surface area contributed by atoms with Crippen molar-refractivity contribution in [2.24, 2.45) is 5.92 Å². The molecule has 0 aliphatic rings. The van der Waals surface area contributed by atoms with Gasteiger partial charge in [0.05, 0.1) is 0 Å². The van der Waals surface area contributed by atoms with Crippen LogP contribution in [0.3, 0.4) is 0 Å². The average molecular weight is 645 g/mol. The van der Waals surface area contributed by atoms with Crippen molar-refractivity contribution in [2.75, 3.05) is 0 Å². The van der Waals surface area contributed by atoms with E-state index in [9.17, 15) is 9.59 Å². The molecule has 0 spiro atoms. The molecule has 0 saturated heterocycles. The number of allylic oxidation sites excluding steroid dienone is 8. The maximum absolute atomic E-state index is 10.4. The zero-order valence-electron chi connectivity index (χ0n) is 30.7. The van der Waals surface area contributed by atoms with Gasteiger partial charge in [-0.25, -0.2) is 0 Å². The first-order chi connectivity index (χ1) is 22.4. The molecular weight excluding hydrogens is 568 g/mol. The monoisotopic (exact) mass is 645 g/mol. The van der Waals surface area contributed by atoms with Gasteiger partial charge in [-0.15, -0.1) is 0 Å². The minimum atomic E-state index is -0.707. The van der Waals surface area contributed by atoms with Gasteiger partial charge in [0.2, 0.25) is 0 Å². The highest BCUT2D eigenvalue weighted by molar-refractivity contribution is 5.66. The lowest BCUT2D eigenvalue weighted by atomic mass is 10.0. The molecule has 46 heavy (non-hydrogen) atoms. The first kappa shape index (κ1) is 46.0. The lowest BCUT2D eigenvalue weighted by Gasteiger charge is -2.02. The Morgan fingerprint density at radius 2 is 0.761 bits per heavy atom. The van der Waals surface area contributed by atoms with Gasteiger partial charge in [0.25, 0.3) is 0 Å². The molecule has 0 aromatic carbocycles. The molecule has 0 saturated carbocycles. The van der Waals surface area contributed by atoms with Crippen molar-refractivity contribution in [1.29, 1.82) is 0 Å². The molecule has 0 atom stereocenters. The van der Waals surface area contributed by atoms with Crippen LogP contribution in [-0.2, 0) is 9.59 Å². The molecule has 4 heteroatoms. The fraction of sp³-hybridized carbons (Fsp3) is 0.762. The molecule has 0 heterocycles. The number of hydrogen-bond donors (Lipinski definition) is 2. The van der Waals surface area contributed by atoms with Crippen LogP contribution in [0, 0.1) is 5.92 Å². The van der Waals surface area contributed by atoms with E-state index in [-0.39, 0.29) is 6.42 Å².